The molecular weight excluding hydrogens is 404 g/mol. The van der Waals surface area contributed by atoms with Crippen molar-refractivity contribution in [2.24, 2.45) is 0 Å². The third-order valence-electron chi connectivity index (χ3n) is 5.25. The van der Waals surface area contributed by atoms with Gasteiger partial charge in [-0.3, -0.25) is 9.59 Å². The molecule has 7 heteroatoms. The van der Waals surface area contributed by atoms with Crippen molar-refractivity contribution in [3.63, 3.8) is 0 Å². The zero-order chi connectivity index (χ0) is 22.5. The van der Waals surface area contributed by atoms with E-state index < -0.39 is 0 Å². The van der Waals surface area contributed by atoms with Gasteiger partial charge in [-0.25, -0.2) is 4.98 Å². The Morgan fingerprint density at radius 3 is 2.75 bits per heavy atom. The first-order valence-corrected chi connectivity index (χ1v) is 10.4. The molecule has 2 heterocycles. The normalized spacial score (nSPS) is 10.8. The van der Waals surface area contributed by atoms with Crippen LogP contribution in [0.3, 0.4) is 0 Å². The van der Waals surface area contributed by atoms with Crippen molar-refractivity contribution < 1.29 is 14.3 Å². The van der Waals surface area contributed by atoms with E-state index in [9.17, 15) is 14.9 Å². The van der Waals surface area contributed by atoms with E-state index >= 15 is 0 Å². The number of para-hydroxylation sites is 1. The smallest absolute Gasteiger partial charge is 0.310 e. The van der Waals surface area contributed by atoms with Crippen LogP contribution in [0.15, 0.2) is 60.8 Å². The predicted octanol–water partition coefficient (Wildman–Crippen LogP) is 3.48. The third-order valence-corrected chi connectivity index (χ3v) is 5.25. The van der Waals surface area contributed by atoms with Gasteiger partial charge in [0.15, 0.2) is 0 Å². The standard InChI is InChI=1S/C25H22N4O3/c1-2-32-24(31)13-18-10-9-17(12-19(18)14-26)15-28-23(30)16-29-22-8-4-3-6-20(22)21-7-5-11-27-25(21)29/h3-12H,2,13,15-16H2,1H3,(H,28,30). The largest absolute Gasteiger partial charge is 0.466 e. The van der Waals surface area contributed by atoms with E-state index in [4.69, 9.17) is 4.74 Å². The maximum atomic E-state index is 12.7. The molecule has 0 saturated carbocycles. The molecule has 1 amide bonds. The number of hydrogen-bond acceptors (Lipinski definition) is 5. The molecular formula is C25H22N4O3. The fraction of sp³-hybridized carbons (Fsp3) is 0.200. The third kappa shape index (κ3) is 4.30. The first kappa shape index (κ1) is 21.1. The minimum atomic E-state index is -0.371. The van der Waals surface area contributed by atoms with Gasteiger partial charge < -0.3 is 14.6 Å². The van der Waals surface area contributed by atoms with Crippen LogP contribution in [0.25, 0.3) is 21.9 Å². The van der Waals surface area contributed by atoms with Crippen LogP contribution in [-0.2, 0) is 33.8 Å². The Balaban J connectivity index is 1.48. The van der Waals surface area contributed by atoms with Crippen LogP contribution >= 0.6 is 0 Å². The number of fused-ring (bicyclic) bond motifs is 3. The van der Waals surface area contributed by atoms with E-state index in [1.807, 2.05) is 41.0 Å². The first-order chi connectivity index (χ1) is 15.6. The van der Waals surface area contributed by atoms with Gasteiger partial charge in [0, 0.05) is 23.5 Å². The van der Waals surface area contributed by atoms with Crippen LogP contribution in [0.5, 0.6) is 0 Å². The molecule has 0 radical (unpaired) electrons. The summed E-state index contributed by atoms with van der Waals surface area (Å²) in [6.45, 7) is 2.45. The minimum Gasteiger partial charge on any atom is -0.466 e. The second-order valence-electron chi connectivity index (χ2n) is 7.34. The maximum absolute atomic E-state index is 12.7. The Morgan fingerprint density at radius 2 is 1.94 bits per heavy atom. The van der Waals surface area contributed by atoms with Gasteiger partial charge in [-0.15, -0.1) is 0 Å². The molecule has 0 unspecified atom stereocenters. The zero-order valence-electron chi connectivity index (χ0n) is 17.7. The highest BCUT2D eigenvalue weighted by atomic mass is 16.5. The summed E-state index contributed by atoms with van der Waals surface area (Å²) in [4.78, 5) is 28.9. The molecule has 0 atom stereocenters. The summed E-state index contributed by atoms with van der Waals surface area (Å²) in [6, 6.07) is 19.1. The van der Waals surface area contributed by atoms with E-state index in [2.05, 4.69) is 16.4 Å². The Labute approximate surface area is 185 Å². The average Bonchev–Trinajstić information content (AvgIpc) is 3.12. The lowest BCUT2D eigenvalue weighted by atomic mass is 10.0. The van der Waals surface area contributed by atoms with Gasteiger partial charge in [0.1, 0.15) is 12.2 Å². The number of pyridine rings is 1. The number of aromatic nitrogens is 2. The van der Waals surface area contributed by atoms with Crippen molar-refractivity contribution in [1.82, 2.24) is 14.9 Å². The van der Waals surface area contributed by atoms with E-state index in [0.717, 1.165) is 27.5 Å². The number of nitrogens with zero attached hydrogens (tertiary/aromatic N) is 3. The molecule has 0 aliphatic carbocycles. The minimum absolute atomic E-state index is 0.0458. The number of carbonyl (C=O) groups excluding carboxylic acids is 2. The topological polar surface area (TPSA) is 97.0 Å². The zero-order valence-corrected chi connectivity index (χ0v) is 17.7. The summed E-state index contributed by atoms with van der Waals surface area (Å²) < 4.78 is 6.86. The highest BCUT2D eigenvalue weighted by Crippen LogP contribution is 2.27. The lowest BCUT2D eigenvalue weighted by Crippen LogP contribution is -2.27. The van der Waals surface area contributed by atoms with Crippen LogP contribution in [0.4, 0.5) is 0 Å². The van der Waals surface area contributed by atoms with Crippen molar-refractivity contribution in [3.8, 4) is 6.07 Å². The summed E-state index contributed by atoms with van der Waals surface area (Å²) >= 11 is 0. The lowest BCUT2D eigenvalue weighted by Gasteiger charge is -2.10. The number of rotatable bonds is 7. The molecule has 4 aromatic rings. The highest BCUT2D eigenvalue weighted by molar-refractivity contribution is 6.07. The van der Waals surface area contributed by atoms with E-state index in [1.165, 1.54) is 0 Å². The molecule has 32 heavy (non-hydrogen) atoms. The molecule has 0 aliphatic heterocycles. The van der Waals surface area contributed by atoms with Crippen molar-refractivity contribution in [1.29, 1.82) is 5.26 Å². The molecule has 1 N–H and O–H groups in total. The number of amides is 1. The number of ether oxygens (including phenoxy) is 1. The first-order valence-electron chi connectivity index (χ1n) is 10.4. The van der Waals surface area contributed by atoms with E-state index in [1.54, 1.807) is 31.3 Å². The van der Waals surface area contributed by atoms with E-state index in [-0.39, 0.29) is 31.4 Å². The van der Waals surface area contributed by atoms with Gasteiger partial charge in [0.05, 0.1) is 30.2 Å². The van der Waals surface area contributed by atoms with Crippen LogP contribution < -0.4 is 5.32 Å². The number of carbonyl (C=O) groups is 2. The van der Waals surface area contributed by atoms with Crippen LogP contribution in [0.1, 0.15) is 23.6 Å². The second kappa shape index (κ2) is 9.31. The number of esters is 1. The summed E-state index contributed by atoms with van der Waals surface area (Å²) in [7, 11) is 0. The molecule has 7 nitrogen and oxygen atoms in total. The van der Waals surface area contributed by atoms with Crippen molar-refractivity contribution in [2.75, 3.05) is 6.61 Å². The molecule has 0 aliphatic rings. The van der Waals surface area contributed by atoms with Crippen LogP contribution in [0.2, 0.25) is 0 Å². The molecule has 0 bridgehead atoms. The van der Waals surface area contributed by atoms with Gasteiger partial charge in [0.25, 0.3) is 0 Å². The Kier molecular flexibility index (Phi) is 6.13. The Bertz CT molecular complexity index is 1300. The predicted molar refractivity (Wildman–Crippen MR) is 121 cm³/mol. The molecule has 2 aromatic carbocycles. The number of nitriles is 1. The Hall–Kier alpha value is -4.18. The van der Waals surface area contributed by atoms with Gasteiger partial charge in [-0.05, 0) is 42.3 Å². The molecule has 4 rings (SSSR count). The quantitative estimate of drug-likeness (QED) is 0.456. The van der Waals surface area contributed by atoms with Crippen molar-refractivity contribution in [2.45, 2.75) is 26.4 Å². The van der Waals surface area contributed by atoms with Crippen molar-refractivity contribution in [3.05, 3.63) is 77.5 Å². The Morgan fingerprint density at radius 1 is 1.12 bits per heavy atom. The number of benzene rings is 2. The molecule has 0 saturated heterocycles. The van der Waals surface area contributed by atoms with Gasteiger partial charge >= 0.3 is 5.97 Å². The summed E-state index contributed by atoms with van der Waals surface area (Å²) in [6.07, 6.45) is 1.76. The van der Waals surface area contributed by atoms with Gasteiger partial charge in [-0.2, -0.15) is 5.26 Å². The summed E-state index contributed by atoms with van der Waals surface area (Å²) in [5.41, 5.74) is 3.50. The number of hydrogen-bond donors (Lipinski definition) is 1. The van der Waals surface area contributed by atoms with Crippen molar-refractivity contribution >= 4 is 33.8 Å². The fourth-order valence-electron chi connectivity index (χ4n) is 3.79. The van der Waals surface area contributed by atoms with Gasteiger partial charge in [0.2, 0.25) is 5.91 Å². The highest BCUT2D eigenvalue weighted by Gasteiger charge is 2.14. The molecule has 160 valence electrons. The average molecular weight is 426 g/mol. The lowest BCUT2D eigenvalue weighted by molar-refractivity contribution is -0.142. The molecule has 0 fully saturated rings. The van der Waals surface area contributed by atoms with Gasteiger partial charge in [-0.1, -0.05) is 30.3 Å². The summed E-state index contributed by atoms with van der Waals surface area (Å²) in [5, 5.41) is 14.4. The number of nitrogens with one attached hydrogen (secondary N) is 1. The fourth-order valence-corrected chi connectivity index (χ4v) is 3.79. The monoisotopic (exact) mass is 426 g/mol. The van der Waals surface area contributed by atoms with E-state index in [0.29, 0.717) is 17.7 Å². The second-order valence-corrected chi connectivity index (χ2v) is 7.34. The van der Waals surface area contributed by atoms with Crippen LogP contribution in [0, 0.1) is 11.3 Å². The summed E-state index contributed by atoms with van der Waals surface area (Å²) in [5.74, 6) is -0.530. The molecule has 2 aromatic heterocycles. The maximum Gasteiger partial charge on any atom is 0.310 e. The SMILES string of the molecule is CCOC(=O)Cc1ccc(CNC(=O)Cn2c3ccccc3c3cccnc32)cc1C#N. The van der Waals surface area contributed by atoms with Crippen LogP contribution in [-0.4, -0.2) is 28.0 Å². The molecule has 0 spiro atoms.